The predicted octanol–water partition coefficient (Wildman–Crippen LogP) is 0.142. The van der Waals surface area contributed by atoms with E-state index in [1.54, 1.807) is 6.92 Å². The Hall–Kier alpha value is -1.30. The largest absolute Gasteiger partial charge is 0.296 e. The first-order valence-electron chi connectivity index (χ1n) is 3.88. The first-order chi connectivity index (χ1) is 6.40. The zero-order valence-corrected chi connectivity index (χ0v) is 8.71. The maximum atomic E-state index is 10.9. The standard InChI is InChI=1S/C8H10N2O3S/c1-6-3-7(4-11)10-8(9-6)5-14(2,12)13/h3-4H,5H2,1-2H3. The molecule has 14 heavy (non-hydrogen) atoms. The molecule has 76 valence electrons. The fourth-order valence-corrected chi connectivity index (χ4v) is 1.61. The van der Waals surface area contributed by atoms with Crippen LogP contribution in [0.5, 0.6) is 0 Å². The second-order valence-electron chi connectivity index (χ2n) is 3.04. The first-order valence-corrected chi connectivity index (χ1v) is 5.94. The summed E-state index contributed by atoms with van der Waals surface area (Å²) >= 11 is 0. The van der Waals surface area contributed by atoms with Gasteiger partial charge in [-0.3, -0.25) is 4.79 Å². The maximum absolute atomic E-state index is 10.9. The Labute approximate surface area is 82.1 Å². The summed E-state index contributed by atoms with van der Waals surface area (Å²) in [5.74, 6) is -0.0789. The molecule has 0 amide bonds. The lowest BCUT2D eigenvalue weighted by Crippen LogP contribution is -2.07. The Morgan fingerprint density at radius 1 is 1.43 bits per heavy atom. The van der Waals surface area contributed by atoms with Crippen LogP contribution >= 0.6 is 0 Å². The number of aldehydes is 1. The normalized spacial score (nSPS) is 11.3. The number of nitrogens with zero attached hydrogens (tertiary/aromatic N) is 2. The van der Waals surface area contributed by atoms with E-state index in [4.69, 9.17) is 0 Å². The topological polar surface area (TPSA) is 77.0 Å². The van der Waals surface area contributed by atoms with Gasteiger partial charge in [0.2, 0.25) is 0 Å². The SMILES string of the molecule is Cc1cc(C=O)nc(CS(C)(=O)=O)n1. The summed E-state index contributed by atoms with van der Waals surface area (Å²) in [5, 5.41) is 0. The molecule has 0 saturated heterocycles. The summed E-state index contributed by atoms with van der Waals surface area (Å²) in [6.45, 7) is 1.68. The smallest absolute Gasteiger partial charge is 0.168 e. The second kappa shape index (κ2) is 3.83. The van der Waals surface area contributed by atoms with Crippen molar-refractivity contribution in [2.24, 2.45) is 0 Å². The molecule has 1 heterocycles. The van der Waals surface area contributed by atoms with E-state index in [9.17, 15) is 13.2 Å². The highest BCUT2D eigenvalue weighted by Gasteiger charge is 2.08. The van der Waals surface area contributed by atoms with E-state index >= 15 is 0 Å². The minimum absolute atomic E-state index is 0.162. The highest BCUT2D eigenvalue weighted by atomic mass is 32.2. The summed E-state index contributed by atoms with van der Waals surface area (Å²) in [6.07, 6.45) is 1.67. The van der Waals surface area contributed by atoms with Crippen molar-refractivity contribution in [3.8, 4) is 0 Å². The third-order valence-corrected chi connectivity index (χ3v) is 2.21. The number of hydrogen-bond acceptors (Lipinski definition) is 5. The first kappa shape index (κ1) is 10.8. The van der Waals surface area contributed by atoms with E-state index < -0.39 is 9.84 Å². The summed E-state index contributed by atoms with van der Waals surface area (Å²) in [6, 6.07) is 1.50. The highest BCUT2D eigenvalue weighted by Crippen LogP contribution is 2.02. The molecule has 1 aromatic heterocycles. The van der Waals surface area contributed by atoms with Crippen LogP contribution in [0.25, 0.3) is 0 Å². The van der Waals surface area contributed by atoms with Crippen molar-refractivity contribution >= 4 is 16.1 Å². The van der Waals surface area contributed by atoms with Gasteiger partial charge in [0.05, 0.1) is 0 Å². The van der Waals surface area contributed by atoms with Crippen LogP contribution in [0.1, 0.15) is 22.0 Å². The van der Waals surface area contributed by atoms with Gasteiger partial charge in [-0.2, -0.15) is 0 Å². The fraction of sp³-hybridized carbons (Fsp3) is 0.375. The van der Waals surface area contributed by atoms with Gasteiger partial charge in [0.1, 0.15) is 17.3 Å². The van der Waals surface area contributed by atoms with E-state index in [1.807, 2.05) is 0 Å². The van der Waals surface area contributed by atoms with Crippen molar-refractivity contribution in [1.82, 2.24) is 9.97 Å². The van der Waals surface area contributed by atoms with Crippen molar-refractivity contribution in [1.29, 1.82) is 0 Å². The van der Waals surface area contributed by atoms with Crippen LogP contribution in [0.4, 0.5) is 0 Å². The number of carbonyl (C=O) groups is 1. The molecule has 0 bridgehead atoms. The molecule has 0 spiro atoms. The zero-order valence-electron chi connectivity index (χ0n) is 7.89. The summed E-state index contributed by atoms with van der Waals surface area (Å²) in [7, 11) is -3.16. The number of aryl methyl sites for hydroxylation is 1. The van der Waals surface area contributed by atoms with Crippen molar-refractivity contribution in [2.45, 2.75) is 12.7 Å². The Kier molecular flexibility index (Phi) is 2.95. The molecule has 5 nitrogen and oxygen atoms in total. The third kappa shape index (κ3) is 3.21. The van der Waals surface area contributed by atoms with E-state index in [0.29, 0.717) is 12.0 Å². The molecular formula is C8H10N2O3S. The van der Waals surface area contributed by atoms with Crippen molar-refractivity contribution in [3.63, 3.8) is 0 Å². The van der Waals surface area contributed by atoms with Crippen LogP contribution in [-0.4, -0.2) is 30.9 Å². The zero-order chi connectivity index (χ0) is 10.8. The molecule has 0 aliphatic carbocycles. The number of carbonyl (C=O) groups excluding carboxylic acids is 1. The summed E-state index contributed by atoms with van der Waals surface area (Å²) in [4.78, 5) is 18.1. The van der Waals surface area contributed by atoms with Gasteiger partial charge < -0.3 is 0 Å². The van der Waals surface area contributed by atoms with Crippen LogP contribution in [-0.2, 0) is 15.6 Å². The summed E-state index contributed by atoms with van der Waals surface area (Å²) < 4.78 is 21.9. The van der Waals surface area contributed by atoms with Gasteiger partial charge in [-0.25, -0.2) is 18.4 Å². The van der Waals surface area contributed by atoms with Gasteiger partial charge in [0.15, 0.2) is 16.1 Å². The molecular weight excluding hydrogens is 204 g/mol. The molecule has 0 radical (unpaired) electrons. The quantitative estimate of drug-likeness (QED) is 0.669. The lowest BCUT2D eigenvalue weighted by Gasteiger charge is -2.00. The molecule has 0 saturated carbocycles. The molecule has 0 unspecified atom stereocenters. The Morgan fingerprint density at radius 3 is 2.57 bits per heavy atom. The van der Waals surface area contributed by atoms with Gasteiger partial charge in [0, 0.05) is 11.9 Å². The van der Waals surface area contributed by atoms with Gasteiger partial charge in [-0.05, 0) is 13.0 Å². The van der Waals surface area contributed by atoms with E-state index in [-0.39, 0.29) is 17.3 Å². The summed E-state index contributed by atoms with van der Waals surface area (Å²) in [5.41, 5.74) is 0.789. The van der Waals surface area contributed by atoms with Crippen molar-refractivity contribution in [2.75, 3.05) is 6.26 Å². The number of rotatable bonds is 3. The van der Waals surface area contributed by atoms with Crippen molar-refractivity contribution in [3.05, 3.63) is 23.3 Å². The number of sulfone groups is 1. The lowest BCUT2D eigenvalue weighted by molar-refractivity contribution is 0.111. The molecule has 0 aliphatic heterocycles. The number of hydrogen-bond donors (Lipinski definition) is 0. The van der Waals surface area contributed by atoms with Crippen LogP contribution < -0.4 is 0 Å². The molecule has 0 aliphatic rings. The Balaban J connectivity index is 3.10. The average Bonchev–Trinajstić information content (AvgIpc) is 1.99. The van der Waals surface area contributed by atoms with E-state index in [1.165, 1.54) is 6.07 Å². The van der Waals surface area contributed by atoms with Gasteiger partial charge in [-0.15, -0.1) is 0 Å². The molecule has 0 N–H and O–H groups in total. The number of aromatic nitrogens is 2. The Morgan fingerprint density at radius 2 is 2.07 bits per heavy atom. The molecule has 6 heteroatoms. The third-order valence-electron chi connectivity index (χ3n) is 1.43. The lowest BCUT2D eigenvalue weighted by atomic mass is 10.3. The predicted molar refractivity (Wildman–Crippen MR) is 50.7 cm³/mol. The molecule has 1 aromatic rings. The molecule has 0 fully saturated rings. The highest BCUT2D eigenvalue weighted by molar-refractivity contribution is 7.89. The van der Waals surface area contributed by atoms with Gasteiger partial charge >= 0.3 is 0 Å². The Bertz CT molecular complexity index is 454. The molecule has 0 aromatic carbocycles. The average molecular weight is 214 g/mol. The monoisotopic (exact) mass is 214 g/mol. The van der Waals surface area contributed by atoms with Crippen molar-refractivity contribution < 1.29 is 13.2 Å². The van der Waals surface area contributed by atoms with Crippen LogP contribution in [0.3, 0.4) is 0 Å². The van der Waals surface area contributed by atoms with Crippen LogP contribution in [0.2, 0.25) is 0 Å². The van der Waals surface area contributed by atoms with Gasteiger partial charge in [-0.1, -0.05) is 0 Å². The maximum Gasteiger partial charge on any atom is 0.168 e. The van der Waals surface area contributed by atoms with Crippen LogP contribution in [0, 0.1) is 6.92 Å². The van der Waals surface area contributed by atoms with Gasteiger partial charge in [0.25, 0.3) is 0 Å². The van der Waals surface area contributed by atoms with E-state index in [2.05, 4.69) is 9.97 Å². The minimum atomic E-state index is -3.16. The van der Waals surface area contributed by atoms with Crippen LogP contribution in [0.15, 0.2) is 6.07 Å². The minimum Gasteiger partial charge on any atom is -0.296 e. The molecule has 1 rings (SSSR count). The second-order valence-corrected chi connectivity index (χ2v) is 5.18. The molecule has 0 atom stereocenters. The fourth-order valence-electron chi connectivity index (χ4n) is 1.02. The van der Waals surface area contributed by atoms with E-state index in [0.717, 1.165) is 6.26 Å².